The minimum Gasteiger partial charge on any atom is -0.353 e. The lowest BCUT2D eigenvalue weighted by molar-refractivity contribution is -0.116. The maximum Gasteiger partial charge on any atom is 0.224 e. The number of amides is 1. The van der Waals surface area contributed by atoms with Gasteiger partial charge in [-0.3, -0.25) is 9.78 Å². The van der Waals surface area contributed by atoms with E-state index in [9.17, 15) is 4.79 Å². The predicted molar refractivity (Wildman–Crippen MR) is 119 cm³/mol. The van der Waals surface area contributed by atoms with Crippen molar-refractivity contribution in [2.45, 2.75) is 33.1 Å². The molecule has 2 heterocycles. The number of para-hydroxylation sites is 1. The molecular formula is C25H25N3O. The Hall–Kier alpha value is -3.40. The maximum atomic E-state index is 12.4. The van der Waals surface area contributed by atoms with Gasteiger partial charge in [0.2, 0.25) is 5.91 Å². The van der Waals surface area contributed by atoms with E-state index >= 15 is 0 Å². The largest absolute Gasteiger partial charge is 0.353 e. The van der Waals surface area contributed by atoms with Gasteiger partial charge in [-0.1, -0.05) is 30.3 Å². The molecule has 0 fully saturated rings. The first-order valence-corrected chi connectivity index (χ1v) is 10.00. The van der Waals surface area contributed by atoms with Gasteiger partial charge in [-0.2, -0.15) is 0 Å². The summed E-state index contributed by atoms with van der Waals surface area (Å²) in [6, 6.07) is 20.2. The number of aromatic nitrogens is 2. The van der Waals surface area contributed by atoms with E-state index in [4.69, 9.17) is 0 Å². The van der Waals surface area contributed by atoms with Crippen LogP contribution < -0.4 is 5.32 Å². The van der Waals surface area contributed by atoms with Gasteiger partial charge in [0.15, 0.2) is 0 Å². The van der Waals surface area contributed by atoms with Gasteiger partial charge in [0.1, 0.15) is 0 Å². The Morgan fingerprint density at radius 2 is 1.83 bits per heavy atom. The number of hydrogen-bond acceptors (Lipinski definition) is 2. The molecular weight excluding hydrogens is 358 g/mol. The number of aromatic amines is 1. The number of nitrogens with zero attached hydrogens (tertiary/aromatic N) is 1. The number of anilines is 1. The summed E-state index contributed by atoms with van der Waals surface area (Å²) < 4.78 is 0. The summed E-state index contributed by atoms with van der Waals surface area (Å²) in [5.74, 6) is 0.0486. The van der Waals surface area contributed by atoms with Gasteiger partial charge in [0.25, 0.3) is 0 Å². The van der Waals surface area contributed by atoms with E-state index in [1.54, 1.807) is 0 Å². The molecule has 4 rings (SSSR count). The zero-order valence-electron chi connectivity index (χ0n) is 16.8. The molecule has 0 bridgehead atoms. The lowest BCUT2D eigenvalue weighted by Crippen LogP contribution is -2.11. The smallest absolute Gasteiger partial charge is 0.224 e. The van der Waals surface area contributed by atoms with Crippen molar-refractivity contribution < 1.29 is 4.79 Å². The van der Waals surface area contributed by atoms with Gasteiger partial charge in [-0.15, -0.1) is 0 Å². The highest BCUT2D eigenvalue weighted by atomic mass is 16.1. The molecule has 146 valence electrons. The van der Waals surface area contributed by atoms with Crippen LogP contribution in [-0.2, 0) is 11.2 Å². The van der Waals surface area contributed by atoms with Crippen molar-refractivity contribution in [2.75, 3.05) is 5.32 Å². The molecule has 0 aliphatic carbocycles. The standard InChI is InChI=1S/C25H25N3O/c1-17-13-14-19(16-18(17)2)27-24(29)12-7-9-21-20-8-3-4-10-22(20)28-25(21)23-11-5-6-15-26-23/h3-6,8,10-11,13-16,28H,7,9,12H2,1-2H3,(H,27,29). The van der Waals surface area contributed by atoms with E-state index < -0.39 is 0 Å². The SMILES string of the molecule is Cc1ccc(NC(=O)CCCc2c(-c3ccccn3)[nH]c3ccccc23)cc1C. The number of rotatable bonds is 6. The molecule has 0 saturated carbocycles. The topological polar surface area (TPSA) is 57.8 Å². The van der Waals surface area contributed by atoms with Crippen LogP contribution in [0, 0.1) is 13.8 Å². The molecule has 0 spiro atoms. The van der Waals surface area contributed by atoms with Crippen LogP contribution in [0.4, 0.5) is 5.69 Å². The van der Waals surface area contributed by atoms with Crippen molar-refractivity contribution in [3.63, 3.8) is 0 Å². The predicted octanol–water partition coefficient (Wildman–Crippen LogP) is 5.81. The van der Waals surface area contributed by atoms with E-state index in [1.807, 2.05) is 54.7 Å². The normalized spacial score (nSPS) is 11.0. The minimum atomic E-state index is 0.0486. The Balaban J connectivity index is 1.48. The summed E-state index contributed by atoms with van der Waals surface area (Å²) in [6.07, 6.45) is 3.88. The molecule has 4 nitrogen and oxygen atoms in total. The Bertz CT molecular complexity index is 1150. The highest BCUT2D eigenvalue weighted by Crippen LogP contribution is 2.30. The number of hydrogen-bond donors (Lipinski definition) is 2. The second-order valence-electron chi connectivity index (χ2n) is 7.44. The Morgan fingerprint density at radius 3 is 2.62 bits per heavy atom. The molecule has 0 saturated heterocycles. The average molecular weight is 383 g/mol. The number of nitrogens with one attached hydrogen (secondary N) is 2. The van der Waals surface area contributed by atoms with Crippen LogP contribution in [0.2, 0.25) is 0 Å². The number of benzene rings is 2. The average Bonchev–Trinajstić information content (AvgIpc) is 3.10. The number of aryl methyl sites for hydroxylation is 3. The van der Waals surface area contributed by atoms with Gasteiger partial charge < -0.3 is 10.3 Å². The molecule has 0 aliphatic heterocycles. The van der Waals surface area contributed by atoms with Crippen molar-refractivity contribution in [1.29, 1.82) is 0 Å². The van der Waals surface area contributed by atoms with E-state index in [0.29, 0.717) is 6.42 Å². The molecule has 29 heavy (non-hydrogen) atoms. The van der Waals surface area contributed by atoms with Crippen LogP contribution in [0.1, 0.15) is 29.5 Å². The van der Waals surface area contributed by atoms with Crippen molar-refractivity contribution in [3.8, 4) is 11.4 Å². The highest BCUT2D eigenvalue weighted by molar-refractivity contribution is 5.92. The third-order valence-corrected chi connectivity index (χ3v) is 5.36. The fourth-order valence-electron chi connectivity index (χ4n) is 3.66. The van der Waals surface area contributed by atoms with Crippen molar-refractivity contribution >= 4 is 22.5 Å². The fourth-order valence-corrected chi connectivity index (χ4v) is 3.66. The van der Waals surface area contributed by atoms with Gasteiger partial charge in [-0.25, -0.2) is 0 Å². The first-order chi connectivity index (χ1) is 14.1. The summed E-state index contributed by atoms with van der Waals surface area (Å²) >= 11 is 0. The molecule has 1 amide bonds. The first-order valence-electron chi connectivity index (χ1n) is 10.00. The van der Waals surface area contributed by atoms with E-state index in [1.165, 1.54) is 22.1 Å². The third kappa shape index (κ3) is 4.21. The van der Waals surface area contributed by atoms with Crippen LogP contribution in [-0.4, -0.2) is 15.9 Å². The number of carbonyl (C=O) groups excluding carboxylic acids is 1. The zero-order chi connectivity index (χ0) is 20.2. The van der Waals surface area contributed by atoms with Crippen LogP contribution in [0.3, 0.4) is 0 Å². The van der Waals surface area contributed by atoms with Gasteiger partial charge in [-0.05, 0) is 73.7 Å². The van der Waals surface area contributed by atoms with E-state index in [2.05, 4.69) is 41.3 Å². The molecule has 4 aromatic rings. The number of pyridine rings is 1. The summed E-state index contributed by atoms with van der Waals surface area (Å²) in [5, 5.41) is 4.21. The van der Waals surface area contributed by atoms with E-state index in [-0.39, 0.29) is 5.91 Å². The number of carbonyl (C=O) groups is 1. The summed E-state index contributed by atoms with van der Waals surface area (Å²) in [5.41, 5.74) is 7.56. The Kier molecular flexibility index (Phi) is 5.43. The zero-order valence-corrected chi connectivity index (χ0v) is 16.8. The molecule has 2 aromatic carbocycles. The lowest BCUT2D eigenvalue weighted by Gasteiger charge is -2.08. The van der Waals surface area contributed by atoms with E-state index in [0.717, 1.165) is 35.4 Å². The molecule has 0 unspecified atom stereocenters. The Morgan fingerprint density at radius 1 is 1.00 bits per heavy atom. The lowest BCUT2D eigenvalue weighted by atomic mass is 10.0. The van der Waals surface area contributed by atoms with Crippen LogP contribution >= 0.6 is 0 Å². The quantitative estimate of drug-likeness (QED) is 0.441. The van der Waals surface area contributed by atoms with Crippen molar-refractivity contribution in [1.82, 2.24) is 9.97 Å². The van der Waals surface area contributed by atoms with Crippen LogP contribution in [0.25, 0.3) is 22.3 Å². The molecule has 2 aromatic heterocycles. The summed E-state index contributed by atoms with van der Waals surface area (Å²) in [7, 11) is 0. The highest BCUT2D eigenvalue weighted by Gasteiger charge is 2.14. The summed E-state index contributed by atoms with van der Waals surface area (Å²) in [6.45, 7) is 4.13. The third-order valence-electron chi connectivity index (χ3n) is 5.36. The molecule has 0 radical (unpaired) electrons. The van der Waals surface area contributed by atoms with Crippen molar-refractivity contribution in [2.24, 2.45) is 0 Å². The monoisotopic (exact) mass is 383 g/mol. The van der Waals surface area contributed by atoms with Gasteiger partial charge in [0.05, 0.1) is 11.4 Å². The molecule has 0 aliphatic rings. The second kappa shape index (κ2) is 8.31. The maximum absolute atomic E-state index is 12.4. The van der Waals surface area contributed by atoms with Crippen LogP contribution in [0.15, 0.2) is 66.9 Å². The first kappa shape index (κ1) is 18.9. The Labute approximate surface area is 171 Å². The van der Waals surface area contributed by atoms with Gasteiger partial charge >= 0.3 is 0 Å². The van der Waals surface area contributed by atoms with Crippen LogP contribution in [0.5, 0.6) is 0 Å². The number of fused-ring (bicyclic) bond motifs is 1. The summed E-state index contributed by atoms with van der Waals surface area (Å²) in [4.78, 5) is 20.4. The minimum absolute atomic E-state index is 0.0486. The fraction of sp³-hybridized carbons (Fsp3) is 0.200. The second-order valence-corrected chi connectivity index (χ2v) is 7.44. The number of H-pyrrole nitrogens is 1. The molecule has 0 atom stereocenters. The van der Waals surface area contributed by atoms with Crippen molar-refractivity contribution in [3.05, 3.63) is 83.6 Å². The molecule has 4 heteroatoms. The molecule has 2 N–H and O–H groups in total. The van der Waals surface area contributed by atoms with Gasteiger partial charge in [0, 0.05) is 29.2 Å².